The number of benzene rings is 1. The average Bonchev–Trinajstić information content (AvgIpc) is 2.52. The van der Waals surface area contributed by atoms with Crippen LogP contribution in [0.3, 0.4) is 0 Å². The zero-order valence-electron chi connectivity index (χ0n) is 12.9. The van der Waals surface area contributed by atoms with Gasteiger partial charge in [-0.15, -0.1) is 0 Å². The molecule has 7 nitrogen and oxygen atoms in total. The maximum atomic E-state index is 12.4. The zero-order chi connectivity index (χ0) is 18.0. The second kappa shape index (κ2) is 7.33. The van der Waals surface area contributed by atoms with Crippen molar-refractivity contribution in [3.8, 4) is 0 Å². The van der Waals surface area contributed by atoms with E-state index in [0.717, 1.165) is 15.3 Å². The van der Waals surface area contributed by atoms with Crippen molar-refractivity contribution >= 4 is 39.1 Å². The zero-order valence-corrected chi connectivity index (χ0v) is 15.3. The summed E-state index contributed by atoms with van der Waals surface area (Å²) in [5, 5.41) is 12.3. The van der Waals surface area contributed by atoms with E-state index in [1.54, 1.807) is 18.2 Å². The molecule has 1 heterocycles. The standard InChI is InChI=1S/C15H15BrClN3O4/c1-8(21)6-20-7-9(14(23)19(2)15(20)24)13(22)18-11-5-3-4-10(16)12(11)17/h3-5,7-8,21H,6H2,1-2H3,(H,18,22)/t8-/m0/s1. The number of aliphatic hydroxyl groups is 1. The van der Waals surface area contributed by atoms with Gasteiger partial charge in [-0.05, 0) is 35.0 Å². The molecular weight excluding hydrogens is 402 g/mol. The number of hydrogen-bond donors (Lipinski definition) is 2. The normalized spacial score (nSPS) is 12.0. The van der Waals surface area contributed by atoms with Crippen LogP contribution in [0.1, 0.15) is 17.3 Å². The van der Waals surface area contributed by atoms with E-state index in [4.69, 9.17) is 11.6 Å². The Bertz CT molecular complexity index is 905. The molecule has 2 rings (SSSR count). The number of aliphatic hydroxyl groups excluding tert-OH is 1. The molecule has 0 unspecified atom stereocenters. The van der Waals surface area contributed by atoms with Crippen LogP contribution >= 0.6 is 27.5 Å². The first-order chi connectivity index (χ1) is 11.2. The minimum absolute atomic E-state index is 0.0368. The molecule has 0 aliphatic heterocycles. The number of amides is 1. The average molecular weight is 417 g/mol. The predicted octanol–water partition coefficient (Wildman–Crippen LogP) is 1.60. The van der Waals surface area contributed by atoms with Crippen LogP contribution in [-0.2, 0) is 13.6 Å². The lowest BCUT2D eigenvalue weighted by atomic mass is 10.2. The largest absolute Gasteiger partial charge is 0.392 e. The Morgan fingerprint density at radius 1 is 1.42 bits per heavy atom. The number of aromatic nitrogens is 2. The van der Waals surface area contributed by atoms with E-state index in [9.17, 15) is 19.5 Å². The molecule has 0 spiro atoms. The van der Waals surface area contributed by atoms with Crippen LogP contribution < -0.4 is 16.6 Å². The number of nitrogens with one attached hydrogen (secondary N) is 1. The lowest BCUT2D eigenvalue weighted by Gasteiger charge is -2.13. The molecule has 9 heteroatoms. The van der Waals surface area contributed by atoms with Crippen molar-refractivity contribution in [3.63, 3.8) is 0 Å². The molecule has 0 aliphatic rings. The van der Waals surface area contributed by atoms with Gasteiger partial charge in [-0.25, -0.2) is 4.79 Å². The first kappa shape index (κ1) is 18.4. The van der Waals surface area contributed by atoms with E-state index in [2.05, 4.69) is 21.2 Å². The topological polar surface area (TPSA) is 93.3 Å². The Morgan fingerprint density at radius 3 is 2.71 bits per heavy atom. The van der Waals surface area contributed by atoms with Crippen LogP contribution in [0.15, 0.2) is 38.5 Å². The van der Waals surface area contributed by atoms with E-state index in [0.29, 0.717) is 15.2 Å². The summed E-state index contributed by atoms with van der Waals surface area (Å²) in [6, 6.07) is 4.97. The Balaban J connectivity index is 2.46. The molecule has 1 amide bonds. The van der Waals surface area contributed by atoms with Gasteiger partial charge < -0.3 is 10.4 Å². The highest BCUT2D eigenvalue weighted by Crippen LogP contribution is 2.29. The summed E-state index contributed by atoms with van der Waals surface area (Å²) in [5.74, 6) is -0.699. The van der Waals surface area contributed by atoms with Crippen molar-refractivity contribution in [3.05, 3.63) is 60.3 Å². The first-order valence-electron chi connectivity index (χ1n) is 6.96. The van der Waals surface area contributed by atoms with Crippen molar-refractivity contribution in [2.45, 2.75) is 19.6 Å². The molecule has 0 aliphatic carbocycles. The van der Waals surface area contributed by atoms with Crippen LogP contribution in [-0.4, -0.2) is 26.3 Å². The lowest BCUT2D eigenvalue weighted by molar-refractivity contribution is 0.102. The Kier molecular flexibility index (Phi) is 5.63. The van der Waals surface area contributed by atoms with E-state index in [-0.39, 0.29) is 12.1 Å². The molecule has 2 N–H and O–H groups in total. The quantitative estimate of drug-likeness (QED) is 0.792. The van der Waals surface area contributed by atoms with Gasteiger partial charge in [0.1, 0.15) is 5.56 Å². The molecular formula is C15H15BrClN3O4. The first-order valence-corrected chi connectivity index (χ1v) is 8.13. The lowest BCUT2D eigenvalue weighted by Crippen LogP contribution is -2.42. The monoisotopic (exact) mass is 415 g/mol. The molecule has 1 aromatic heterocycles. The molecule has 0 saturated heterocycles. The molecule has 0 bridgehead atoms. The summed E-state index contributed by atoms with van der Waals surface area (Å²) in [6.45, 7) is 1.46. The maximum absolute atomic E-state index is 12.4. The summed E-state index contributed by atoms with van der Waals surface area (Å²) in [7, 11) is 1.27. The fourth-order valence-corrected chi connectivity index (χ4v) is 2.63. The van der Waals surface area contributed by atoms with Gasteiger partial charge in [-0.1, -0.05) is 17.7 Å². The maximum Gasteiger partial charge on any atom is 0.330 e. The number of nitrogens with zero attached hydrogens (tertiary/aromatic N) is 2. The number of carbonyl (C=O) groups is 1. The van der Waals surface area contributed by atoms with E-state index >= 15 is 0 Å². The molecule has 0 saturated carbocycles. The number of rotatable bonds is 4. The van der Waals surface area contributed by atoms with Crippen molar-refractivity contribution in [2.75, 3.05) is 5.32 Å². The summed E-state index contributed by atoms with van der Waals surface area (Å²) in [4.78, 5) is 36.6. The third-order valence-electron chi connectivity index (χ3n) is 3.26. The minimum Gasteiger partial charge on any atom is -0.392 e. The van der Waals surface area contributed by atoms with Crippen LogP contribution in [0.4, 0.5) is 5.69 Å². The number of carbonyl (C=O) groups excluding carboxylic acids is 1. The Morgan fingerprint density at radius 2 is 2.08 bits per heavy atom. The highest BCUT2D eigenvalue weighted by Gasteiger charge is 2.18. The third kappa shape index (κ3) is 3.77. The Labute approximate surface area is 150 Å². The van der Waals surface area contributed by atoms with Gasteiger partial charge in [0.05, 0.1) is 23.4 Å². The summed E-state index contributed by atoms with van der Waals surface area (Å²) < 4.78 is 2.53. The smallest absolute Gasteiger partial charge is 0.330 e. The summed E-state index contributed by atoms with van der Waals surface area (Å²) >= 11 is 9.33. The van der Waals surface area contributed by atoms with Crippen LogP contribution in [0.2, 0.25) is 5.02 Å². The molecule has 2 aromatic rings. The SMILES string of the molecule is C[C@H](O)Cn1cc(C(=O)Nc2cccc(Br)c2Cl)c(=O)n(C)c1=O. The third-order valence-corrected chi connectivity index (χ3v) is 4.55. The van der Waals surface area contributed by atoms with Gasteiger partial charge in [-0.2, -0.15) is 0 Å². The molecule has 24 heavy (non-hydrogen) atoms. The fraction of sp³-hybridized carbons (Fsp3) is 0.267. The number of halogens is 2. The highest BCUT2D eigenvalue weighted by atomic mass is 79.9. The second-order valence-electron chi connectivity index (χ2n) is 5.25. The van der Waals surface area contributed by atoms with Crippen LogP contribution in [0, 0.1) is 0 Å². The van der Waals surface area contributed by atoms with Crippen molar-refractivity contribution in [1.29, 1.82) is 0 Å². The van der Waals surface area contributed by atoms with Crippen molar-refractivity contribution in [2.24, 2.45) is 7.05 Å². The van der Waals surface area contributed by atoms with Crippen molar-refractivity contribution < 1.29 is 9.90 Å². The van der Waals surface area contributed by atoms with Gasteiger partial charge in [0, 0.05) is 17.7 Å². The second-order valence-corrected chi connectivity index (χ2v) is 6.48. The number of hydrogen-bond acceptors (Lipinski definition) is 4. The molecule has 1 aromatic carbocycles. The van der Waals surface area contributed by atoms with E-state index in [1.807, 2.05) is 0 Å². The van der Waals surface area contributed by atoms with Crippen LogP contribution in [0.25, 0.3) is 0 Å². The van der Waals surface area contributed by atoms with Crippen LogP contribution in [0.5, 0.6) is 0 Å². The van der Waals surface area contributed by atoms with E-state index in [1.165, 1.54) is 14.0 Å². The minimum atomic E-state index is -0.810. The highest BCUT2D eigenvalue weighted by molar-refractivity contribution is 9.10. The van der Waals surface area contributed by atoms with Gasteiger partial charge in [-0.3, -0.25) is 18.7 Å². The predicted molar refractivity (Wildman–Crippen MR) is 94.7 cm³/mol. The number of anilines is 1. The van der Waals surface area contributed by atoms with Gasteiger partial charge in [0.25, 0.3) is 11.5 Å². The van der Waals surface area contributed by atoms with E-state index < -0.39 is 23.3 Å². The molecule has 0 fully saturated rings. The summed E-state index contributed by atoms with van der Waals surface area (Å²) in [6.07, 6.45) is 0.328. The van der Waals surface area contributed by atoms with Gasteiger partial charge in [0.2, 0.25) is 0 Å². The summed E-state index contributed by atoms with van der Waals surface area (Å²) in [5.41, 5.74) is -1.25. The Hall–Kier alpha value is -1.90. The molecule has 1 atom stereocenters. The molecule has 0 radical (unpaired) electrons. The van der Waals surface area contributed by atoms with Gasteiger partial charge in [0.15, 0.2) is 0 Å². The van der Waals surface area contributed by atoms with Crippen molar-refractivity contribution in [1.82, 2.24) is 9.13 Å². The van der Waals surface area contributed by atoms with Gasteiger partial charge >= 0.3 is 5.69 Å². The molecule has 128 valence electrons. The fourth-order valence-electron chi connectivity index (χ4n) is 2.09.